The molecule has 0 aliphatic rings. The second-order valence-electron chi connectivity index (χ2n) is 10.7. The molecule has 0 amide bonds. The second kappa shape index (κ2) is 43.9. The first-order valence-electron chi connectivity index (χ1n) is 20.4. The molecule has 0 spiro atoms. The van der Waals surface area contributed by atoms with E-state index in [0.717, 1.165) is 83.8 Å². The van der Waals surface area contributed by atoms with Gasteiger partial charge in [0.15, 0.2) is 0 Å². The lowest BCUT2D eigenvalue weighted by Crippen LogP contribution is -2.33. The van der Waals surface area contributed by atoms with Gasteiger partial charge in [0.25, 0.3) is 0 Å². The average molecular weight is 702 g/mol. The number of hydrogen-bond donors (Lipinski definition) is 5. The Balaban J connectivity index is -0.000000362. The van der Waals surface area contributed by atoms with E-state index in [1.165, 1.54) is 0 Å². The molecule has 50 heavy (non-hydrogen) atoms. The minimum atomic E-state index is 0.435. The minimum absolute atomic E-state index is 0.435. The van der Waals surface area contributed by atoms with Crippen LogP contribution in [0.1, 0.15) is 174 Å². The molecule has 0 aliphatic carbocycles. The minimum Gasteiger partial charge on any atom is -0.385 e. The summed E-state index contributed by atoms with van der Waals surface area (Å²) >= 11 is 0. The topological polar surface area (TPSA) is 60.1 Å². The van der Waals surface area contributed by atoms with Gasteiger partial charge in [-0.15, -0.1) is 0 Å². The molecule has 1 aromatic rings. The SMILES string of the molecule is C=C(CCC)Nc1cc(C(=C)NCC(=C)NC(CC)CC)cc(C(=C)NCC(=C)NC(CC)CC(C)C)c1.CC.CC.CC.CC.CC.CC. The fourth-order valence-corrected chi connectivity index (χ4v) is 4.32. The maximum atomic E-state index is 4.32. The summed E-state index contributed by atoms with van der Waals surface area (Å²) < 4.78 is 0. The highest BCUT2D eigenvalue weighted by atomic mass is 15.0. The molecule has 0 saturated carbocycles. The number of rotatable bonds is 21. The van der Waals surface area contributed by atoms with Crippen LogP contribution in [0.25, 0.3) is 11.4 Å². The normalized spacial score (nSPS) is 9.52. The number of benzene rings is 1. The van der Waals surface area contributed by atoms with E-state index in [4.69, 9.17) is 0 Å². The molecule has 0 radical (unpaired) electrons. The van der Waals surface area contributed by atoms with Crippen LogP contribution in [0, 0.1) is 5.92 Å². The number of anilines is 1. The van der Waals surface area contributed by atoms with E-state index >= 15 is 0 Å². The third-order valence-electron chi connectivity index (χ3n) is 6.58. The van der Waals surface area contributed by atoms with Crippen molar-refractivity contribution in [2.75, 3.05) is 18.4 Å². The fourth-order valence-electron chi connectivity index (χ4n) is 4.32. The van der Waals surface area contributed by atoms with E-state index in [2.05, 4.69) is 119 Å². The van der Waals surface area contributed by atoms with Crippen LogP contribution in [-0.4, -0.2) is 25.2 Å². The molecule has 0 bridgehead atoms. The van der Waals surface area contributed by atoms with Crippen molar-refractivity contribution in [2.45, 2.75) is 175 Å². The molecule has 5 N–H and O–H groups in total. The molecular formula is C45H91N5. The molecule has 0 aromatic heterocycles. The van der Waals surface area contributed by atoms with Crippen LogP contribution >= 0.6 is 0 Å². The van der Waals surface area contributed by atoms with E-state index in [9.17, 15) is 0 Å². The third-order valence-corrected chi connectivity index (χ3v) is 6.58. The lowest BCUT2D eigenvalue weighted by molar-refractivity contribution is 0.433. The first kappa shape index (κ1) is 59.1. The van der Waals surface area contributed by atoms with Gasteiger partial charge in [-0.25, -0.2) is 0 Å². The van der Waals surface area contributed by atoms with Gasteiger partial charge in [0.05, 0.1) is 13.1 Å². The smallest absolute Gasteiger partial charge is 0.0541 e. The van der Waals surface area contributed by atoms with Crippen LogP contribution < -0.4 is 26.6 Å². The van der Waals surface area contributed by atoms with E-state index in [0.29, 0.717) is 31.1 Å². The molecule has 1 rings (SSSR count). The van der Waals surface area contributed by atoms with Crippen molar-refractivity contribution >= 4 is 17.1 Å². The summed E-state index contributed by atoms with van der Waals surface area (Å²) in [5, 5.41) is 17.4. The highest BCUT2D eigenvalue weighted by Gasteiger charge is 2.11. The van der Waals surface area contributed by atoms with Crippen LogP contribution in [-0.2, 0) is 0 Å². The van der Waals surface area contributed by atoms with E-state index in [-0.39, 0.29) is 0 Å². The van der Waals surface area contributed by atoms with Gasteiger partial charge in [-0.2, -0.15) is 0 Å². The van der Waals surface area contributed by atoms with Gasteiger partial charge in [0.2, 0.25) is 0 Å². The Hall–Kier alpha value is -3.08. The third kappa shape index (κ3) is 32.1. The first-order valence-corrected chi connectivity index (χ1v) is 20.4. The van der Waals surface area contributed by atoms with Crippen LogP contribution in [0.3, 0.4) is 0 Å². The molecule has 0 saturated heterocycles. The molecular weight excluding hydrogens is 611 g/mol. The largest absolute Gasteiger partial charge is 0.385 e. The van der Waals surface area contributed by atoms with E-state index < -0.39 is 0 Å². The average Bonchev–Trinajstić information content (AvgIpc) is 3.16. The number of allylic oxidation sites excluding steroid dienone is 1. The lowest BCUT2D eigenvalue weighted by Gasteiger charge is -2.23. The molecule has 1 unspecified atom stereocenters. The van der Waals surface area contributed by atoms with Crippen LogP contribution in [0.5, 0.6) is 0 Å². The summed E-state index contributed by atoms with van der Waals surface area (Å²) in [6, 6.07) is 7.19. The van der Waals surface area contributed by atoms with Crippen LogP contribution in [0.15, 0.2) is 68.2 Å². The predicted octanol–water partition coefficient (Wildman–Crippen LogP) is 13.9. The van der Waals surface area contributed by atoms with Crippen molar-refractivity contribution in [1.29, 1.82) is 0 Å². The molecule has 5 heteroatoms. The quantitative estimate of drug-likeness (QED) is 0.0883. The zero-order valence-corrected chi connectivity index (χ0v) is 37.2. The highest BCUT2D eigenvalue weighted by Crippen LogP contribution is 2.24. The van der Waals surface area contributed by atoms with Gasteiger partial charge in [0.1, 0.15) is 0 Å². The zero-order valence-electron chi connectivity index (χ0n) is 37.2. The Morgan fingerprint density at radius 2 is 0.900 bits per heavy atom. The van der Waals surface area contributed by atoms with Crippen molar-refractivity contribution in [3.63, 3.8) is 0 Å². The van der Waals surface area contributed by atoms with Gasteiger partial charge in [-0.1, -0.05) is 164 Å². The Morgan fingerprint density at radius 3 is 1.22 bits per heavy atom. The Morgan fingerprint density at radius 1 is 0.540 bits per heavy atom. The second-order valence-corrected chi connectivity index (χ2v) is 10.7. The van der Waals surface area contributed by atoms with Crippen molar-refractivity contribution in [1.82, 2.24) is 21.3 Å². The summed E-state index contributed by atoms with van der Waals surface area (Å²) in [5.41, 5.74) is 7.55. The van der Waals surface area contributed by atoms with Gasteiger partial charge >= 0.3 is 0 Å². The number of nitrogens with one attached hydrogen (secondary N) is 5. The maximum Gasteiger partial charge on any atom is 0.0541 e. The monoisotopic (exact) mass is 702 g/mol. The van der Waals surface area contributed by atoms with Gasteiger partial charge in [0, 0.05) is 46.3 Å². The maximum absolute atomic E-state index is 4.32. The van der Waals surface area contributed by atoms with E-state index in [1.54, 1.807) is 0 Å². The summed E-state index contributed by atoms with van der Waals surface area (Å²) in [6.45, 7) is 59.7. The van der Waals surface area contributed by atoms with Crippen molar-refractivity contribution < 1.29 is 0 Å². The van der Waals surface area contributed by atoms with Gasteiger partial charge in [-0.3, -0.25) is 0 Å². The van der Waals surface area contributed by atoms with Crippen LogP contribution in [0.2, 0.25) is 0 Å². The van der Waals surface area contributed by atoms with Gasteiger partial charge in [-0.05, 0) is 67.3 Å². The summed E-state index contributed by atoms with van der Waals surface area (Å²) in [6.07, 6.45) is 6.30. The summed E-state index contributed by atoms with van der Waals surface area (Å²) in [5.74, 6) is 0.647. The molecule has 0 fully saturated rings. The molecule has 1 aromatic carbocycles. The Kier molecular flexibility index (Phi) is 51.9. The predicted molar refractivity (Wildman–Crippen MR) is 239 cm³/mol. The van der Waals surface area contributed by atoms with Gasteiger partial charge < -0.3 is 26.6 Å². The molecule has 0 aliphatic heterocycles. The molecule has 0 heterocycles. The van der Waals surface area contributed by atoms with Crippen molar-refractivity contribution in [3.8, 4) is 0 Å². The number of hydrogen-bond acceptors (Lipinski definition) is 5. The van der Waals surface area contributed by atoms with Crippen LogP contribution in [0.4, 0.5) is 5.69 Å². The van der Waals surface area contributed by atoms with E-state index in [1.807, 2.05) is 83.1 Å². The molecule has 296 valence electrons. The standard InChI is InChI=1S/C33H55N5.6C2H6/c1-12-16-24(7)36-33-19-29(27(10)34-21-25(8)37-31(13-2)14-3)18-30(20-33)28(11)35-22-26(9)38-32(15-4)17-23(5)6;6*1-2/h18-20,23,31-32,34-38H,7-17,21-22H2,1-6H3;6*1-2H3. The molecule has 5 nitrogen and oxygen atoms in total. The Bertz CT molecular complexity index is 941. The molecule has 1 atom stereocenters. The highest BCUT2D eigenvalue weighted by molar-refractivity contribution is 5.74. The first-order chi connectivity index (χ1) is 24.0. The summed E-state index contributed by atoms with van der Waals surface area (Å²) in [7, 11) is 0. The fraction of sp³-hybridized carbons (Fsp3) is 0.644. The van der Waals surface area contributed by atoms with Crippen molar-refractivity contribution in [3.05, 3.63) is 79.3 Å². The zero-order chi connectivity index (χ0) is 40.7. The Labute approximate surface area is 316 Å². The van der Waals surface area contributed by atoms with Crippen molar-refractivity contribution in [2.24, 2.45) is 5.92 Å². The summed E-state index contributed by atoms with van der Waals surface area (Å²) in [4.78, 5) is 0. The lowest BCUT2D eigenvalue weighted by atomic mass is 10.0.